The molecule has 3 heterocycles. The molecule has 0 atom stereocenters. The number of hydrogen-bond acceptors (Lipinski definition) is 5. The van der Waals surface area contributed by atoms with Crippen LogP contribution in [0.5, 0.6) is 17.2 Å². The summed E-state index contributed by atoms with van der Waals surface area (Å²) in [5.74, 6) is 1.73. The summed E-state index contributed by atoms with van der Waals surface area (Å²) in [6.07, 6.45) is 5.75. The summed E-state index contributed by atoms with van der Waals surface area (Å²) in [4.78, 5) is 17.3. The first-order chi connectivity index (χ1) is 16.6. The van der Waals surface area contributed by atoms with Gasteiger partial charge in [0.05, 0.1) is 19.9 Å². The molecule has 0 fully saturated rings. The third-order valence-electron chi connectivity index (χ3n) is 5.53. The molecule has 5 aromatic rings. The van der Waals surface area contributed by atoms with E-state index >= 15 is 0 Å². The lowest BCUT2D eigenvalue weighted by molar-refractivity contribution is -0.116. The van der Waals surface area contributed by atoms with Crippen LogP contribution in [-0.4, -0.2) is 34.1 Å². The maximum Gasteiger partial charge on any atom is 0.244 e. The Hall–Kier alpha value is -4.46. The minimum Gasteiger partial charge on any atom is -0.497 e. The molecule has 0 unspecified atom stereocenters. The topological polar surface area (TPSA) is 79.0 Å². The molecule has 0 bridgehead atoms. The standard InChI is InChI=1S/C26H24N4O4/c1-32-21-7-8-22-18(13-21)10-12-29(22)16-26(31)28-19-6-9-23(33-2)24(14-19)34-17-20-15-30-11-4-3-5-25(30)27-20/h3-15H,16-17H2,1-2H3,(H,28,31). The lowest BCUT2D eigenvalue weighted by Crippen LogP contribution is -2.18. The number of anilines is 1. The predicted octanol–water partition coefficient (Wildman–Crippen LogP) is 4.52. The molecule has 0 saturated carbocycles. The fourth-order valence-corrected chi connectivity index (χ4v) is 3.87. The van der Waals surface area contributed by atoms with Gasteiger partial charge in [-0.05, 0) is 48.5 Å². The minimum absolute atomic E-state index is 0.148. The van der Waals surface area contributed by atoms with Gasteiger partial charge in [0.25, 0.3) is 0 Å². The third-order valence-corrected chi connectivity index (χ3v) is 5.53. The van der Waals surface area contributed by atoms with Gasteiger partial charge >= 0.3 is 0 Å². The summed E-state index contributed by atoms with van der Waals surface area (Å²) in [5.41, 5.74) is 3.22. The minimum atomic E-state index is -0.148. The summed E-state index contributed by atoms with van der Waals surface area (Å²) in [6, 6.07) is 18.9. The van der Waals surface area contributed by atoms with E-state index in [0.29, 0.717) is 17.2 Å². The molecular formula is C26H24N4O4. The van der Waals surface area contributed by atoms with E-state index in [1.54, 1.807) is 32.4 Å². The van der Waals surface area contributed by atoms with Crippen molar-refractivity contribution >= 4 is 28.1 Å². The van der Waals surface area contributed by atoms with E-state index in [4.69, 9.17) is 14.2 Å². The van der Waals surface area contributed by atoms with Gasteiger partial charge < -0.3 is 28.5 Å². The average Bonchev–Trinajstić information content (AvgIpc) is 3.46. The first-order valence-electron chi connectivity index (χ1n) is 10.8. The predicted molar refractivity (Wildman–Crippen MR) is 130 cm³/mol. The molecule has 0 aliphatic rings. The zero-order valence-electron chi connectivity index (χ0n) is 18.9. The lowest BCUT2D eigenvalue weighted by atomic mass is 10.2. The number of ether oxygens (including phenoxy) is 3. The van der Waals surface area contributed by atoms with Gasteiger partial charge in [0.15, 0.2) is 11.5 Å². The molecule has 1 N–H and O–H groups in total. The van der Waals surface area contributed by atoms with Crippen molar-refractivity contribution in [2.75, 3.05) is 19.5 Å². The van der Waals surface area contributed by atoms with E-state index in [1.165, 1.54) is 0 Å². The molecule has 0 saturated heterocycles. The van der Waals surface area contributed by atoms with Crippen molar-refractivity contribution in [3.8, 4) is 17.2 Å². The average molecular weight is 457 g/mol. The van der Waals surface area contributed by atoms with Crippen LogP contribution in [-0.2, 0) is 17.9 Å². The molecule has 3 aromatic heterocycles. The molecule has 0 aliphatic carbocycles. The number of hydrogen-bond donors (Lipinski definition) is 1. The van der Waals surface area contributed by atoms with Crippen LogP contribution in [0.25, 0.3) is 16.6 Å². The number of benzene rings is 2. The zero-order chi connectivity index (χ0) is 23.5. The molecular weight excluding hydrogens is 432 g/mol. The fraction of sp³-hybridized carbons (Fsp3) is 0.154. The Balaban J connectivity index is 1.28. The van der Waals surface area contributed by atoms with Crippen molar-refractivity contribution in [1.82, 2.24) is 14.0 Å². The van der Waals surface area contributed by atoms with Crippen LogP contribution in [0.3, 0.4) is 0 Å². The Labute approximate surface area is 196 Å². The molecule has 2 aromatic carbocycles. The van der Waals surface area contributed by atoms with E-state index < -0.39 is 0 Å². The number of imidazole rings is 1. The number of carbonyl (C=O) groups excluding carboxylic acids is 1. The number of nitrogens with zero attached hydrogens (tertiary/aromatic N) is 3. The van der Waals surface area contributed by atoms with Crippen molar-refractivity contribution in [2.45, 2.75) is 13.2 Å². The van der Waals surface area contributed by atoms with E-state index in [9.17, 15) is 4.79 Å². The van der Waals surface area contributed by atoms with Gasteiger partial charge in [-0.1, -0.05) is 6.07 Å². The third kappa shape index (κ3) is 4.38. The maximum absolute atomic E-state index is 12.7. The monoisotopic (exact) mass is 456 g/mol. The summed E-state index contributed by atoms with van der Waals surface area (Å²) in [5, 5.41) is 3.95. The highest BCUT2D eigenvalue weighted by Gasteiger charge is 2.12. The largest absolute Gasteiger partial charge is 0.497 e. The van der Waals surface area contributed by atoms with E-state index in [2.05, 4.69) is 10.3 Å². The number of carbonyl (C=O) groups is 1. The molecule has 5 rings (SSSR count). The van der Waals surface area contributed by atoms with Crippen molar-refractivity contribution in [3.05, 3.63) is 84.9 Å². The second-order valence-electron chi connectivity index (χ2n) is 7.77. The van der Waals surface area contributed by atoms with E-state index in [1.807, 2.05) is 70.0 Å². The van der Waals surface area contributed by atoms with Crippen molar-refractivity contribution in [3.63, 3.8) is 0 Å². The summed E-state index contributed by atoms with van der Waals surface area (Å²) in [7, 11) is 3.22. The lowest BCUT2D eigenvalue weighted by Gasteiger charge is -2.13. The summed E-state index contributed by atoms with van der Waals surface area (Å²) < 4.78 is 20.5. The Morgan fingerprint density at radius 2 is 1.88 bits per heavy atom. The number of amides is 1. The van der Waals surface area contributed by atoms with Crippen LogP contribution < -0.4 is 19.5 Å². The number of methoxy groups -OCH3 is 2. The van der Waals surface area contributed by atoms with Gasteiger partial charge in [0.2, 0.25) is 5.91 Å². The van der Waals surface area contributed by atoms with Crippen molar-refractivity contribution in [2.24, 2.45) is 0 Å². The highest BCUT2D eigenvalue weighted by atomic mass is 16.5. The number of aromatic nitrogens is 3. The summed E-state index contributed by atoms with van der Waals surface area (Å²) in [6.45, 7) is 0.452. The Bertz CT molecular complexity index is 1440. The van der Waals surface area contributed by atoms with Crippen LogP contribution in [0.15, 0.2) is 79.3 Å². The molecule has 172 valence electrons. The van der Waals surface area contributed by atoms with Crippen molar-refractivity contribution in [1.29, 1.82) is 0 Å². The molecule has 0 aliphatic heterocycles. The van der Waals surface area contributed by atoms with Gasteiger partial charge in [-0.3, -0.25) is 4.79 Å². The second-order valence-corrected chi connectivity index (χ2v) is 7.77. The first kappa shape index (κ1) is 21.4. The number of rotatable bonds is 8. The Kier molecular flexibility index (Phi) is 5.78. The Morgan fingerprint density at radius 1 is 0.971 bits per heavy atom. The fourth-order valence-electron chi connectivity index (χ4n) is 3.87. The van der Waals surface area contributed by atoms with Crippen LogP contribution >= 0.6 is 0 Å². The number of fused-ring (bicyclic) bond motifs is 2. The van der Waals surface area contributed by atoms with Gasteiger partial charge in [0.1, 0.15) is 24.5 Å². The van der Waals surface area contributed by atoms with Crippen LogP contribution in [0, 0.1) is 0 Å². The molecule has 8 heteroatoms. The first-order valence-corrected chi connectivity index (χ1v) is 10.8. The zero-order valence-corrected chi connectivity index (χ0v) is 18.9. The van der Waals surface area contributed by atoms with Gasteiger partial charge in [0, 0.05) is 41.2 Å². The Morgan fingerprint density at radius 3 is 2.71 bits per heavy atom. The van der Waals surface area contributed by atoms with Gasteiger partial charge in [-0.15, -0.1) is 0 Å². The summed E-state index contributed by atoms with van der Waals surface area (Å²) >= 11 is 0. The number of pyridine rings is 1. The highest BCUT2D eigenvalue weighted by Crippen LogP contribution is 2.31. The second kappa shape index (κ2) is 9.19. The quantitative estimate of drug-likeness (QED) is 0.371. The van der Waals surface area contributed by atoms with Crippen LogP contribution in [0.2, 0.25) is 0 Å². The smallest absolute Gasteiger partial charge is 0.244 e. The SMILES string of the molecule is COc1ccc2c(ccn2CC(=O)Nc2ccc(OC)c(OCc3cn4ccccc4n3)c2)c1. The van der Waals surface area contributed by atoms with E-state index in [0.717, 1.165) is 28.0 Å². The molecule has 0 radical (unpaired) electrons. The molecule has 34 heavy (non-hydrogen) atoms. The molecule has 0 spiro atoms. The van der Waals surface area contributed by atoms with Crippen LogP contribution in [0.1, 0.15) is 5.69 Å². The molecule has 1 amide bonds. The molecule has 8 nitrogen and oxygen atoms in total. The normalized spacial score (nSPS) is 11.0. The van der Waals surface area contributed by atoms with Gasteiger partial charge in [-0.25, -0.2) is 4.98 Å². The van der Waals surface area contributed by atoms with Crippen molar-refractivity contribution < 1.29 is 19.0 Å². The maximum atomic E-state index is 12.7. The van der Waals surface area contributed by atoms with Gasteiger partial charge in [-0.2, -0.15) is 0 Å². The number of nitrogens with one attached hydrogen (secondary N) is 1. The van der Waals surface area contributed by atoms with Crippen LogP contribution in [0.4, 0.5) is 5.69 Å². The highest BCUT2D eigenvalue weighted by molar-refractivity contribution is 5.92. The van der Waals surface area contributed by atoms with E-state index in [-0.39, 0.29) is 19.1 Å².